The summed E-state index contributed by atoms with van der Waals surface area (Å²) in [7, 11) is 1.85. The van der Waals surface area contributed by atoms with Gasteiger partial charge in [-0.05, 0) is 18.1 Å². The number of aromatic nitrogens is 4. The maximum absolute atomic E-state index is 12.3. The summed E-state index contributed by atoms with van der Waals surface area (Å²) in [6.45, 7) is 3.07. The van der Waals surface area contributed by atoms with Gasteiger partial charge < -0.3 is 15.0 Å². The molecule has 3 heterocycles. The Kier molecular flexibility index (Phi) is 5.73. The van der Waals surface area contributed by atoms with Crippen molar-refractivity contribution in [2.45, 2.75) is 25.6 Å². The van der Waals surface area contributed by atoms with Gasteiger partial charge in [0.2, 0.25) is 5.91 Å². The van der Waals surface area contributed by atoms with Crippen LogP contribution >= 0.6 is 0 Å². The third-order valence-corrected chi connectivity index (χ3v) is 5.22. The van der Waals surface area contributed by atoms with E-state index in [0.717, 1.165) is 18.7 Å². The van der Waals surface area contributed by atoms with Gasteiger partial charge in [-0.3, -0.25) is 14.4 Å². The van der Waals surface area contributed by atoms with Crippen molar-refractivity contribution in [2.75, 3.05) is 19.6 Å². The van der Waals surface area contributed by atoms with Crippen LogP contribution in [0, 0.1) is 0 Å². The molecule has 1 aromatic carbocycles. The van der Waals surface area contributed by atoms with Crippen molar-refractivity contribution in [3.05, 3.63) is 71.6 Å². The molecule has 0 spiro atoms. The van der Waals surface area contributed by atoms with Crippen LogP contribution in [0.15, 0.2) is 48.8 Å². The van der Waals surface area contributed by atoms with Crippen molar-refractivity contribution in [2.24, 2.45) is 7.05 Å². The van der Waals surface area contributed by atoms with Crippen molar-refractivity contribution in [3.8, 4) is 0 Å². The molecule has 1 aliphatic heterocycles. The number of aryl methyl sites for hydroxylation is 1. The van der Waals surface area contributed by atoms with Crippen LogP contribution in [0.25, 0.3) is 0 Å². The minimum Gasteiger partial charge on any atom is -0.379 e. The third-order valence-electron chi connectivity index (χ3n) is 5.22. The van der Waals surface area contributed by atoms with Crippen molar-refractivity contribution in [3.63, 3.8) is 0 Å². The maximum atomic E-state index is 12.3. The van der Waals surface area contributed by atoms with Crippen LogP contribution in [0.1, 0.15) is 28.9 Å². The molecule has 0 saturated heterocycles. The molecular weight excluding hydrogens is 368 g/mol. The molecule has 2 N–H and O–H groups in total. The number of fused-ring (bicyclic) bond motifs is 1. The summed E-state index contributed by atoms with van der Waals surface area (Å²) >= 11 is 0. The number of rotatable bonds is 7. The van der Waals surface area contributed by atoms with Crippen molar-refractivity contribution >= 4 is 5.91 Å². The van der Waals surface area contributed by atoms with E-state index in [4.69, 9.17) is 0 Å². The highest BCUT2D eigenvalue weighted by atomic mass is 16.3. The van der Waals surface area contributed by atoms with E-state index in [1.54, 1.807) is 17.0 Å². The summed E-state index contributed by atoms with van der Waals surface area (Å²) in [5, 5.41) is 18.1. The number of imidazole rings is 1. The van der Waals surface area contributed by atoms with E-state index >= 15 is 0 Å². The van der Waals surface area contributed by atoms with E-state index in [-0.39, 0.29) is 5.91 Å². The van der Waals surface area contributed by atoms with E-state index in [1.807, 2.05) is 36.0 Å². The van der Waals surface area contributed by atoms with Crippen molar-refractivity contribution in [1.29, 1.82) is 0 Å². The maximum Gasteiger partial charge on any atom is 0.234 e. The molecule has 3 aromatic rings. The third kappa shape index (κ3) is 4.55. The fourth-order valence-corrected chi connectivity index (χ4v) is 3.63. The Morgan fingerprint density at radius 1 is 1.28 bits per heavy atom. The molecule has 8 nitrogen and oxygen atoms in total. The molecule has 1 atom stereocenters. The fourth-order valence-electron chi connectivity index (χ4n) is 3.63. The van der Waals surface area contributed by atoms with Gasteiger partial charge in [-0.15, -0.1) is 0 Å². The zero-order valence-electron chi connectivity index (χ0n) is 16.5. The Morgan fingerprint density at radius 2 is 2.10 bits per heavy atom. The van der Waals surface area contributed by atoms with Gasteiger partial charge in [-0.2, -0.15) is 5.10 Å². The molecule has 0 unspecified atom stereocenters. The fraction of sp³-hybridized carbons (Fsp3) is 0.381. The number of hydrogen-bond donors (Lipinski definition) is 2. The number of carbonyl (C=O) groups is 1. The smallest absolute Gasteiger partial charge is 0.234 e. The molecule has 8 heteroatoms. The van der Waals surface area contributed by atoms with Gasteiger partial charge in [0.05, 0.1) is 24.5 Å². The van der Waals surface area contributed by atoms with E-state index in [1.165, 1.54) is 5.56 Å². The quantitative estimate of drug-likeness (QED) is 0.621. The van der Waals surface area contributed by atoms with Crippen LogP contribution < -0.4 is 5.32 Å². The minimum atomic E-state index is -0.858. The predicted octanol–water partition coefficient (Wildman–Crippen LogP) is 0.873. The first-order chi connectivity index (χ1) is 14.1. The van der Waals surface area contributed by atoms with E-state index in [9.17, 15) is 9.90 Å². The molecule has 0 bridgehead atoms. The van der Waals surface area contributed by atoms with Gasteiger partial charge in [0.25, 0.3) is 0 Å². The van der Waals surface area contributed by atoms with Gasteiger partial charge in [0.1, 0.15) is 5.82 Å². The largest absolute Gasteiger partial charge is 0.379 e. The average molecular weight is 394 g/mol. The Labute approximate surface area is 169 Å². The van der Waals surface area contributed by atoms with E-state index in [0.29, 0.717) is 37.7 Å². The molecule has 0 saturated carbocycles. The Hall–Kier alpha value is -2.97. The molecule has 0 radical (unpaired) electrons. The summed E-state index contributed by atoms with van der Waals surface area (Å²) in [6, 6.07) is 12.0. The first-order valence-corrected chi connectivity index (χ1v) is 9.85. The van der Waals surface area contributed by atoms with Crippen LogP contribution in [0.3, 0.4) is 0 Å². The second kappa shape index (κ2) is 8.59. The SMILES string of the molecule is Cn1ccnc1[C@H](O)c1cc2n(n1)CCN(CC(=O)NCCc1ccccc1)C2. The normalized spacial score (nSPS) is 15.1. The highest BCUT2D eigenvalue weighted by molar-refractivity contribution is 5.78. The van der Waals surface area contributed by atoms with Crippen molar-refractivity contribution < 1.29 is 9.90 Å². The summed E-state index contributed by atoms with van der Waals surface area (Å²) in [5.41, 5.74) is 2.80. The average Bonchev–Trinajstić information content (AvgIpc) is 3.34. The summed E-state index contributed by atoms with van der Waals surface area (Å²) in [6.07, 6.45) is 3.43. The van der Waals surface area contributed by atoms with Crippen LogP contribution in [0.4, 0.5) is 0 Å². The van der Waals surface area contributed by atoms with Crippen LogP contribution in [0.2, 0.25) is 0 Å². The lowest BCUT2D eigenvalue weighted by Gasteiger charge is -2.26. The topological polar surface area (TPSA) is 88.2 Å². The van der Waals surface area contributed by atoms with Crippen LogP contribution in [-0.2, 0) is 31.4 Å². The molecule has 4 rings (SSSR count). The molecule has 1 amide bonds. The molecule has 0 fully saturated rings. The molecule has 29 heavy (non-hydrogen) atoms. The summed E-state index contributed by atoms with van der Waals surface area (Å²) in [4.78, 5) is 18.6. The molecule has 2 aromatic heterocycles. The Bertz CT molecular complexity index is 965. The summed E-state index contributed by atoms with van der Waals surface area (Å²) in [5.74, 6) is 0.595. The monoisotopic (exact) mass is 394 g/mol. The number of aliphatic hydroxyl groups is 1. The number of benzene rings is 1. The van der Waals surface area contributed by atoms with Crippen LogP contribution in [0.5, 0.6) is 0 Å². The first kappa shape index (κ1) is 19.4. The van der Waals surface area contributed by atoms with Crippen LogP contribution in [-0.4, -0.2) is 54.9 Å². The first-order valence-electron chi connectivity index (χ1n) is 9.85. The molecular formula is C21H26N6O2. The highest BCUT2D eigenvalue weighted by Gasteiger charge is 2.24. The van der Waals surface area contributed by atoms with Gasteiger partial charge >= 0.3 is 0 Å². The van der Waals surface area contributed by atoms with Gasteiger partial charge in [0.15, 0.2) is 6.10 Å². The van der Waals surface area contributed by atoms with Crippen molar-refractivity contribution in [1.82, 2.24) is 29.5 Å². The lowest BCUT2D eigenvalue weighted by Crippen LogP contribution is -2.41. The van der Waals surface area contributed by atoms with Gasteiger partial charge in [-0.25, -0.2) is 4.98 Å². The zero-order chi connectivity index (χ0) is 20.2. The standard InChI is InChI=1S/C21H26N6O2/c1-25-10-9-23-21(25)20(29)18-13-17-14-26(11-12-27(17)24-18)15-19(28)22-8-7-16-5-3-2-4-6-16/h2-6,9-10,13,20,29H,7-8,11-12,14-15H2,1H3,(H,22,28)/t20-/m1/s1. The molecule has 0 aliphatic carbocycles. The lowest BCUT2D eigenvalue weighted by molar-refractivity contribution is -0.122. The summed E-state index contributed by atoms with van der Waals surface area (Å²) < 4.78 is 3.69. The molecule has 152 valence electrons. The highest BCUT2D eigenvalue weighted by Crippen LogP contribution is 2.22. The zero-order valence-corrected chi connectivity index (χ0v) is 16.5. The Morgan fingerprint density at radius 3 is 2.86 bits per heavy atom. The number of nitrogens with one attached hydrogen (secondary N) is 1. The number of amides is 1. The van der Waals surface area contributed by atoms with E-state index < -0.39 is 6.10 Å². The van der Waals surface area contributed by atoms with Gasteiger partial charge in [-0.1, -0.05) is 30.3 Å². The van der Waals surface area contributed by atoms with Gasteiger partial charge in [0, 0.05) is 39.1 Å². The number of aliphatic hydroxyl groups excluding tert-OH is 1. The molecule has 1 aliphatic rings. The lowest BCUT2D eigenvalue weighted by atomic mass is 10.1. The number of nitrogens with zero attached hydrogens (tertiary/aromatic N) is 5. The second-order valence-corrected chi connectivity index (χ2v) is 7.38. The second-order valence-electron chi connectivity index (χ2n) is 7.38. The number of hydrogen-bond acceptors (Lipinski definition) is 5. The van der Waals surface area contributed by atoms with E-state index in [2.05, 4.69) is 32.4 Å². The number of carbonyl (C=O) groups excluding carboxylic acids is 1. The Balaban J connectivity index is 1.30. The predicted molar refractivity (Wildman–Crippen MR) is 108 cm³/mol. The minimum absolute atomic E-state index is 0.0298.